The zero-order valence-electron chi connectivity index (χ0n) is 19.1. The van der Waals surface area contributed by atoms with Gasteiger partial charge < -0.3 is 10.1 Å². The molecule has 0 radical (unpaired) electrons. The summed E-state index contributed by atoms with van der Waals surface area (Å²) in [6, 6.07) is 13.9. The van der Waals surface area contributed by atoms with Gasteiger partial charge in [0.2, 0.25) is 0 Å². The highest BCUT2D eigenvalue weighted by atomic mass is 32.1. The minimum Gasteiger partial charge on any atom is -0.384 e. The van der Waals surface area contributed by atoms with E-state index in [4.69, 9.17) is 9.72 Å². The molecule has 2 aliphatic heterocycles. The lowest BCUT2D eigenvalue weighted by Gasteiger charge is -2.26. The molecule has 0 amide bonds. The van der Waals surface area contributed by atoms with E-state index in [1.54, 1.807) is 11.3 Å². The first-order valence-corrected chi connectivity index (χ1v) is 12.9. The number of likely N-dealkylation sites (tertiary alicyclic amines) is 1. The minimum absolute atomic E-state index is 0.488. The van der Waals surface area contributed by atoms with Gasteiger partial charge in [-0.1, -0.05) is 24.3 Å². The summed E-state index contributed by atoms with van der Waals surface area (Å²) in [6.45, 7) is 10.7. The molecule has 2 aromatic heterocycles. The van der Waals surface area contributed by atoms with E-state index in [-0.39, 0.29) is 0 Å². The van der Waals surface area contributed by atoms with Gasteiger partial charge in [0.15, 0.2) is 0 Å². The van der Waals surface area contributed by atoms with Crippen LogP contribution < -0.4 is 5.32 Å². The summed E-state index contributed by atoms with van der Waals surface area (Å²) in [7, 11) is 0. The summed E-state index contributed by atoms with van der Waals surface area (Å²) in [6.07, 6.45) is 3.79. The molecule has 1 N–H and O–H groups in total. The smallest absolute Gasteiger partial charge is 0.0838 e. The van der Waals surface area contributed by atoms with Crippen molar-refractivity contribution in [2.75, 3.05) is 57.8 Å². The number of nitrogens with zero attached hydrogens (tertiary/aromatic N) is 3. The van der Waals surface area contributed by atoms with Gasteiger partial charge in [-0.25, -0.2) is 4.98 Å². The van der Waals surface area contributed by atoms with Crippen LogP contribution in [-0.4, -0.2) is 67.3 Å². The summed E-state index contributed by atoms with van der Waals surface area (Å²) >= 11 is 1.77. The van der Waals surface area contributed by atoms with Crippen LogP contribution in [0.15, 0.2) is 41.8 Å². The highest BCUT2D eigenvalue weighted by Gasteiger charge is 2.19. The van der Waals surface area contributed by atoms with Crippen molar-refractivity contribution in [3.63, 3.8) is 0 Å². The number of thiophene rings is 1. The molecule has 2 aliphatic rings. The standard InChI is InChI=1S/C26H34N4OS/c1-20(30-12-2-3-13-30)21-5-7-22(8-6-21)24-19-25(26-23(28-24)9-18-32-26)27-10-4-11-29-14-16-31-17-15-29/h5-9,18-20H,2-4,10-17H2,1H3,(H,27,28). The normalized spacial score (nSPS) is 18.9. The molecule has 1 unspecified atom stereocenters. The Kier molecular flexibility index (Phi) is 7.03. The zero-order valence-corrected chi connectivity index (χ0v) is 19.9. The fourth-order valence-electron chi connectivity index (χ4n) is 4.86. The van der Waals surface area contributed by atoms with Gasteiger partial charge in [0.1, 0.15) is 0 Å². The lowest BCUT2D eigenvalue weighted by molar-refractivity contribution is 0.0378. The number of fused-ring (bicyclic) bond motifs is 1. The number of anilines is 1. The molecule has 1 atom stereocenters. The third-order valence-electron chi connectivity index (χ3n) is 6.86. The Labute approximate surface area is 195 Å². The number of aromatic nitrogens is 1. The van der Waals surface area contributed by atoms with Crippen LogP contribution in [0.1, 0.15) is 37.8 Å². The third-order valence-corrected chi connectivity index (χ3v) is 7.80. The fourth-order valence-corrected chi connectivity index (χ4v) is 5.68. The second kappa shape index (κ2) is 10.3. The van der Waals surface area contributed by atoms with E-state index in [1.165, 1.54) is 47.4 Å². The van der Waals surface area contributed by atoms with Gasteiger partial charge in [0.05, 0.1) is 34.8 Å². The predicted molar refractivity (Wildman–Crippen MR) is 135 cm³/mol. The Hall–Kier alpha value is -1.99. The van der Waals surface area contributed by atoms with Gasteiger partial charge in [-0.05, 0) is 68.9 Å². The van der Waals surface area contributed by atoms with Gasteiger partial charge in [-0.2, -0.15) is 0 Å². The van der Waals surface area contributed by atoms with E-state index in [1.807, 2.05) is 0 Å². The van der Waals surface area contributed by atoms with E-state index >= 15 is 0 Å². The SMILES string of the molecule is CC(c1ccc(-c2cc(NCCCN3CCOCC3)c3sccc3n2)cc1)N1CCCC1. The molecule has 5 nitrogen and oxygen atoms in total. The maximum absolute atomic E-state index is 5.45. The maximum atomic E-state index is 5.45. The molecule has 0 saturated carbocycles. The Bertz CT molecular complexity index is 1010. The number of hydrogen-bond donors (Lipinski definition) is 1. The molecule has 6 heteroatoms. The molecule has 2 fully saturated rings. The number of ether oxygens (including phenoxy) is 1. The molecule has 0 aliphatic carbocycles. The molecule has 4 heterocycles. The Morgan fingerprint density at radius 1 is 1.06 bits per heavy atom. The van der Waals surface area contributed by atoms with Crippen molar-refractivity contribution in [3.05, 3.63) is 47.3 Å². The quantitative estimate of drug-likeness (QED) is 0.475. The minimum atomic E-state index is 0.488. The van der Waals surface area contributed by atoms with Gasteiger partial charge >= 0.3 is 0 Å². The largest absolute Gasteiger partial charge is 0.384 e. The number of pyridine rings is 1. The first-order valence-electron chi connectivity index (χ1n) is 12.0. The molecule has 3 aromatic rings. The number of hydrogen-bond acceptors (Lipinski definition) is 6. The highest BCUT2D eigenvalue weighted by molar-refractivity contribution is 7.17. The highest BCUT2D eigenvalue weighted by Crippen LogP contribution is 2.33. The Balaban J connectivity index is 1.27. The zero-order chi connectivity index (χ0) is 21.8. The molecule has 0 bridgehead atoms. The van der Waals surface area contributed by atoms with Crippen LogP contribution >= 0.6 is 11.3 Å². The van der Waals surface area contributed by atoms with Crippen molar-refractivity contribution >= 4 is 27.2 Å². The van der Waals surface area contributed by atoms with E-state index in [0.29, 0.717) is 6.04 Å². The summed E-state index contributed by atoms with van der Waals surface area (Å²) in [5.74, 6) is 0. The lowest BCUT2D eigenvalue weighted by Crippen LogP contribution is -2.37. The van der Waals surface area contributed by atoms with Crippen LogP contribution in [0.2, 0.25) is 0 Å². The number of benzene rings is 1. The van der Waals surface area contributed by atoms with Crippen LogP contribution in [0.3, 0.4) is 0 Å². The van der Waals surface area contributed by atoms with Crippen LogP contribution in [0.5, 0.6) is 0 Å². The van der Waals surface area contributed by atoms with Crippen molar-refractivity contribution < 1.29 is 4.74 Å². The molecular weight excluding hydrogens is 416 g/mol. The summed E-state index contributed by atoms with van der Waals surface area (Å²) in [4.78, 5) is 10.0. The van der Waals surface area contributed by atoms with Crippen molar-refractivity contribution in [3.8, 4) is 11.3 Å². The average Bonchev–Trinajstić information content (AvgIpc) is 3.54. The first-order chi connectivity index (χ1) is 15.8. The first kappa shape index (κ1) is 21.8. The van der Waals surface area contributed by atoms with Crippen molar-refractivity contribution in [1.29, 1.82) is 0 Å². The number of rotatable bonds is 8. The fraction of sp³-hybridized carbons (Fsp3) is 0.500. The average molecular weight is 451 g/mol. The van der Waals surface area contributed by atoms with Crippen LogP contribution in [0.25, 0.3) is 21.5 Å². The van der Waals surface area contributed by atoms with Gasteiger partial charge in [-0.15, -0.1) is 11.3 Å². The van der Waals surface area contributed by atoms with Gasteiger partial charge in [-0.3, -0.25) is 9.80 Å². The molecule has 32 heavy (non-hydrogen) atoms. The molecule has 1 aromatic carbocycles. The Morgan fingerprint density at radius 3 is 2.62 bits per heavy atom. The lowest BCUT2D eigenvalue weighted by atomic mass is 10.0. The number of morpholine rings is 1. The van der Waals surface area contributed by atoms with Crippen LogP contribution in [-0.2, 0) is 4.74 Å². The van der Waals surface area contributed by atoms with Gasteiger partial charge in [0, 0.05) is 31.2 Å². The van der Waals surface area contributed by atoms with E-state index in [9.17, 15) is 0 Å². The molecule has 2 saturated heterocycles. The van der Waals surface area contributed by atoms with Gasteiger partial charge in [0.25, 0.3) is 0 Å². The van der Waals surface area contributed by atoms with Crippen molar-refractivity contribution in [1.82, 2.24) is 14.8 Å². The summed E-state index contributed by atoms with van der Waals surface area (Å²) in [5.41, 5.74) is 5.92. The topological polar surface area (TPSA) is 40.6 Å². The molecular formula is C26H34N4OS. The monoisotopic (exact) mass is 450 g/mol. The summed E-state index contributed by atoms with van der Waals surface area (Å²) < 4.78 is 6.70. The van der Waals surface area contributed by atoms with Crippen molar-refractivity contribution in [2.45, 2.75) is 32.2 Å². The molecule has 5 rings (SSSR count). The second-order valence-corrected chi connectivity index (χ2v) is 9.88. The molecule has 170 valence electrons. The van der Waals surface area contributed by atoms with E-state index in [2.05, 4.69) is 63.8 Å². The Morgan fingerprint density at radius 2 is 1.84 bits per heavy atom. The molecule has 0 spiro atoms. The van der Waals surface area contributed by atoms with E-state index < -0.39 is 0 Å². The number of nitrogens with one attached hydrogen (secondary N) is 1. The second-order valence-electron chi connectivity index (χ2n) is 8.97. The van der Waals surface area contributed by atoms with Crippen LogP contribution in [0, 0.1) is 0 Å². The van der Waals surface area contributed by atoms with Crippen molar-refractivity contribution in [2.24, 2.45) is 0 Å². The predicted octanol–water partition coefficient (Wildman–Crippen LogP) is 5.25. The summed E-state index contributed by atoms with van der Waals surface area (Å²) in [5, 5.41) is 5.84. The van der Waals surface area contributed by atoms with Crippen LogP contribution in [0.4, 0.5) is 5.69 Å². The van der Waals surface area contributed by atoms with E-state index in [0.717, 1.165) is 57.0 Å². The third kappa shape index (κ3) is 4.99. The maximum Gasteiger partial charge on any atom is 0.0838 e.